The lowest BCUT2D eigenvalue weighted by atomic mass is 10.00. The summed E-state index contributed by atoms with van der Waals surface area (Å²) in [5, 5.41) is 0. The van der Waals surface area contributed by atoms with Crippen LogP contribution in [-0.2, 0) is 0 Å². The maximum absolute atomic E-state index is 2.49. The van der Waals surface area contributed by atoms with E-state index in [4.69, 9.17) is 0 Å². The third-order valence-electron chi connectivity index (χ3n) is 2.79. The molecule has 0 aromatic carbocycles. The van der Waals surface area contributed by atoms with Crippen molar-refractivity contribution in [3.63, 3.8) is 0 Å². The van der Waals surface area contributed by atoms with Crippen molar-refractivity contribution in [1.29, 1.82) is 0 Å². The zero-order chi connectivity index (χ0) is 6.27. The number of hydrogen-bond donors (Lipinski definition) is 0. The number of piperidine rings is 1. The van der Waals surface area contributed by atoms with Gasteiger partial charge in [0.25, 0.3) is 0 Å². The quantitative estimate of drug-likeness (QED) is 0.472. The molecule has 1 heterocycles. The molecule has 1 aliphatic heterocycles. The van der Waals surface area contributed by atoms with Gasteiger partial charge in [-0.3, -0.25) is 0 Å². The van der Waals surface area contributed by atoms with Gasteiger partial charge >= 0.3 is 0 Å². The van der Waals surface area contributed by atoms with Gasteiger partial charge in [-0.05, 0) is 38.1 Å². The molecular weight excluding hydrogens is 110 g/mol. The average molecular weight is 125 g/mol. The van der Waals surface area contributed by atoms with Crippen LogP contribution in [0.25, 0.3) is 0 Å². The number of rotatable bonds is 0. The maximum atomic E-state index is 2.49. The van der Waals surface area contributed by atoms with E-state index in [1.807, 2.05) is 0 Å². The minimum atomic E-state index is 1.06. The molecule has 1 saturated carbocycles. The monoisotopic (exact) mass is 125 g/mol. The Bertz CT molecular complexity index is 99.1. The Morgan fingerprint density at radius 1 is 1.11 bits per heavy atom. The molecule has 0 radical (unpaired) electrons. The van der Waals surface area contributed by atoms with Gasteiger partial charge in [0.1, 0.15) is 0 Å². The fourth-order valence-corrected chi connectivity index (χ4v) is 2.47. The molecular formula is C8H15N. The van der Waals surface area contributed by atoms with E-state index >= 15 is 0 Å². The van der Waals surface area contributed by atoms with Crippen molar-refractivity contribution < 1.29 is 0 Å². The summed E-state index contributed by atoms with van der Waals surface area (Å²) in [7, 11) is 2.25. The van der Waals surface area contributed by atoms with Gasteiger partial charge in [-0.1, -0.05) is 0 Å². The molecule has 1 unspecified atom stereocenters. The second-order valence-corrected chi connectivity index (χ2v) is 3.77. The van der Waals surface area contributed by atoms with Crippen LogP contribution in [0.15, 0.2) is 0 Å². The first-order chi connectivity index (χ1) is 4.34. The topological polar surface area (TPSA) is 3.24 Å². The van der Waals surface area contributed by atoms with Crippen molar-refractivity contribution in [1.82, 2.24) is 4.90 Å². The smallest absolute Gasteiger partial charge is 0.000683 e. The highest BCUT2D eigenvalue weighted by Gasteiger charge is 2.30. The first-order valence-corrected chi connectivity index (χ1v) is 4.03. The van der Waals surface area contributed by atoms with Crippen molar-refractivity contribution in [3.05, 3.63) is 0 Å². The predicted octanol–water partition coefficient (Wildman–Crippen LogP) is 1.35. The lowest BCUT2D eigenvalue weighted by molar-refractivity contribution is 0.203. The highest BCUT2D eigenvalue weighted by atomic mass is 15.1. The maximum Gasteiger partial charge on any atom is 0.000683 e. The van der Waals surface area contributed by atoms with Crippen LogP contribution in [0, 0.1) is 11.8 Å². The van der Waals surface area contributed by atoms with Crippen LogP contribution in [0.4, 0.5) is 0 Å². The number of nitrogens with zero attached hydrogens (tertiary/aromatic N) is 1. The molecule has 2 atom stereocenters. The van der Waals surface area contributed by atoms with Gasteiger partial charge in [0.15, 0.2) is 0 Å². The molecule has 52 valence electrons. The SMILES string of the molecule is CN1CC2CC[C@@H](C2)C1. The van der Waals surface area contributed by atoms with Crippen LogP contribution in [0.1, 0.15) is 19.3 Å². The molecule has 2 fully saturated rings. The number of likely N-dealkylation sites (tertiary alicyclic amines) is 1. The van der Waals surface area contributed by atoms with Gasteiger partial charge in [-0.15, -0.1) is 0 Å². The Morgan fingerprint density at radius 2 is 1.67 bits per heavy atom. The Hall–Kier alpha value is -0.0400. The standard InChI is InChI=1S/C8H15N/c1-9-5-7-2-3-8(4-7)6-9/h7-8H,2-6H2,1H3/t7-,8?/m0/s1. The summed E-state index contributed by atoms with van der Waals surface area (Å²) in [6.07, 6.45) is 4.55. The second kappa shape index (κ2) is 1.98. The van der Waals surface area contributed by atoms with Crippen LogP contribution in [0.5, 0.6) is 0 Å². The van der Waals surface area contributed by atoms with E-state index in [9.17, 15) is 0 Å². The van der Waals surface area contributed by atoms with Gasteiger partial charge in [-0.25, -0.2) is 0 Å². The first kappa shape index (κ1) is 5.72. The number of fused-ring (bicyclic) bond motifs is 2. The zero-order valence-corrected chi connectivity index (χ0v) is 6.14. The third-order valence-corrected chi connectivity index (χ3v) is 2.79. The molecule has 1 heteroatoms. The highest BCUT2D eigenvalue weighted by Crippen LogP contribution is 2.35. The van der Waals surface area contributed by atoms with Crippen LogP contribution in [-0.4, -0.2) is 25.0 Å². The van der Waals surface area contributed by atoms with Crippen molar-refractivity contribution >= 4 is 0 Å². The van der Waals surface area contributed by atoms with Crippen molar-refractivity contribution in [3.8, 4) is 0 Å². The molecule has 1 saturated heterocycles. The lowest BCUT2D eigenvalue weighted by Gasteiger charge is -2.27. The van der Waals surface area contributed by atoms with Gasteiger partial charge in [0.2, 0.25) is 0 Å². The lowest BCUT2D eigenvalue weighted by Crippen LogP contribution is -2.32. The normalized spacial score (nSPS) is 43.7. The summed E-state index contributed by atoms with van der Waals surface area (Å²) in [6.45, 7) is 2.74. The molecule has 0 aromatic rings. The summed E-state index contributed by atoms with van der Waals surface area (Å²) in [5.74, 6) is 2.13. The van der Waals surface area contributed by atoms with Gasteiger partial charge in [0.05, 0.1) is 0 Å². The molecule has 2 rings (SSSR count). The molecule has 1 aliphatic carbocycles. The van der Waals surface area contributed by atoms with E-state index in [0.717, 1.165) is 11.8 Å². The van der Waals surface area contributed by atoms with E-state index in [2.05, 4.69) is 11.9 Å². The van der Waals surface area contributed by atoms with Crippen molar-refractivity contribution in [2.75, 3.05) is 20.1 Å². The minimum absolute atomic E-state index is 1.06. The zero-order valence-electron chi connectivity index (χ0n) is 6.14. The molecule has 2 bridgehead atoms. The van der Waals surface area contributed by atoms with Crippen molar-refractivity contribution in [2.45, 2.75) is 19.3 Å². The van der Waals surface area contributed by atoms with Crippen LogP contribution >= 0.6 is 0 Å². The van der Waals surface area contributed by atoms with E-state index in [-0.39, 0.29) is 0 Å². The van der Waals surface area contributed by atoms with E-state index in [0.29, 0.717) is 0 Å². The summed E-state index contributed by atoms with van der Waals surface area (Å²) in [4.78, 5) is 2.49. The fourth-order valence-electron chi connectivity index (χ4n) is 2.47. The highest BCUT2D eigenvalue weighted by molar-refractivity contribution is 4.83. The Kier molecular flexibility index (Phi) is 1.26. The molecule has 1 nitrogen and oxygen atoms in total. The van der Waals surface area contributed by atoms with E-state index in [1.54, 1.807) is 0 Å². The van der Waals surface area contributed by atoms with Gasteiger partial charge < -0.3 is 4.90 Å². The van der Waals surface area contributed by atoms with Crippen molar-refractivity contribution in [2.24, 2.45) is 11.8 Å². The van der Waals surface area contributed by atoms with Crippen LogP contribution < -0.4 is 0 Å². The van der Waals surface area contributed by atoms with E-state index < -0.39 is 0 Å². The first-order valence-electron chi connectivity index (χ1n) is 4.03. The molecule has 2 aliphatic rings. The third kappa shape index (κ3) is 0.983. The average Bonchev–Trinajstić information content (AvgIpc) is 2.11. The van der Waals surface area contributed by atoms with Gasteiger partial charge in [0, 0.05) is 13.1 Å². The largest absolute Gasteiger partial charge is 0.306 e. The summed E-state index contributed by atoms with van der Waals surface area (Å²) >= 11 is 0. The Morgan fingerprint density at radius 3 is 2.22 bits per heavy atom. The summed E-state index contributed by atoms with van der Waals surface area (Å²) in [6, 6.07) is 0. The predicted molar refractivity (Wildman–Crippen MR) is 38.3 cm³/mol. The number of hydrogen-bond acceptors (Lipinski definition) is 1. The summed E-state index contributed by atoms with van der Waals surface area (Å²) < 4.78 is 0. The molecule has 0 spiro atoms. The molecule has 9 heavy (non-hydrogen) atoms. The van der Waals surface area contributed by atoms with Crippen LogP contribution in [0.3, 0.4) is 0 Å². The Labute approximate surface area is 57.0 Å². The molecule has 0 amide bonds. The summed E-state index contributed by atoms with van der Waals surface area (Å²) in [5.41, 5.74) is 0. The second-order valence-electron chi connectivity index (χ2n) is 3.77. The fraction of sp³-hybridized carbons (Fsp3) is 1.00. The van der Waals surface area contributed by atoms with E-state index in [1.165, 1.54) is 32.4 Å². The molecule has 0 aromatic heterocycles. The Balaban J connectivity index is 2.03. The van der Waals surface area contributed by atoms with Gasteiger partial charge in [-0.2, -0.15) is 0 Å². The minimum Gasteiger partial charge on any atom is -0.306 e. The van der Waals surface area contributed by atoms with Crippen LogP contribution in [0.2, 0.25) is 0 Å². The molecule has 0 N–H and O–H groups in total.